The van der Waals surface area contributed by atoms with E-state index in [0.29, 0.717) is 19.5 Å². The van der Waals surface area contributed by atoms with Crippen molar-refractivity contribution < 1.29 is 19.1 Å². The Morgan fingerprint density at radius 1 is 1.32 bits per heavy atom. The zero-order valence-corrected chi connectivity index (χ0v) is 11.4. The van der Waals surface area contributed by atoms with E-state index in [1.54, 1.807) is 11.8 Å². The van der Waals surface area contributed by atoms with Gasteiger partial charge in [-0.05, 0) is 26.3 Å². The van der Waals surface area contributed by atoms with Crippen LogP contribution >= 0.6 is 0 Å². The lowest BCUT2D eigenvalue weighted by Gasteiger charge is -2.32. The number of urea groups is 1. The molecule has 1 atom stereocenters. The summed E-state index contributed by atoms with van der Waals surface area (Å²) in [6, 6.07) is -0.905. The van der Waals surface area contributed by atoms with Crippen molar-refractivity contribution >= 4 is 17.9 Å². The molecule has 7 heteroatoms. The molecule has 0 aromatic rings. The van der Waals surface area contributed by atoms with Gasteiger partial charge in [-0.15, -0.1) is 0 Å². The number of nitrogens with one attached hydrogen (secondary N) is 2. The maximum atomic E-state index is 11.7. The monoisotopic (exact) mass is 271 g/mol. The highest BCUT2D eigenvalue weighted by atomic mass is 16.5. The van der Waals surface area contributed by atoms with Gasteiger partial charge in [0.05, 0.1) is 13.7 Å². The van der Waals surface area contributed by atoms with E-state index in [2.05, 4.69) is 10.6 Å². The van der Waals surface area contributed by atoms with E-state index in [0.717, 1.165) is 12.8 Å². The standard InChI is InChI=1S/C12H21N3O4/c1-3-13-12(18)14-10(16)8-15-7-5-4-6-9(15)11(17)19-2/h9H,3-8H2,1-2H3,(H2,13,14,16,18). The minimum atomic E-state index is -0.515. The highest BCUT2D eigenvalue weighted by molar-refractivity contribution is 5.95. The first-order valence-electron chi connectivity index (χ1n) is 6.48. The number of piperidine rings is 1. The molecule has 1 rings (SSSR count). The minimum Gasteiger partial charge on any atom is -0.468 e. The second kappa shape index (κ2) is 7.73. The number of carbonyl (C=O) groups is 3. The molecule has 1 unspecified atom stereocenters. The molecule has 1 aliphatic heterocycles. The maximum Gasteiger partial charge on any atom is 0.323 e. The van der Waals surface area contributed by atoms with Gasteiger partial charge in [0, 0.05) is 6.54 Å². The summed E-state index contributed by atoms with van der Waals surface area (Å²) in [6.45, 7) is 2.90. The number of ether oxygens (including phenoxy) is 1. The Hall–Kier alpha value is -1.63. The summed E-state index contributed by atoms with van der Waals surface area (Å²) in [5.74, 6) is -0.743. The molecular formula is C12H21N3O4. The predicted molar refractivity (Wildman–Crippen MR) is 68.4 cm³/mol. The van der Waals surface area contributed by atoms with Gasteiger partial charge in [0.2, 0.25) is 5.91 Å². The molecule has 7 nitrogen and oxygen atoms in total. The predicted octanol–water partition coefficient (Wildman–Crippen LogP) is -0.140. The molecule has 0 saturated carbocycles. The summed E-state index contributed by atoms with van der Waals surface area (Å²) < 4.78 is 4.73. The topological polar surface area (TPSA) is 87.7 Å². The minimum absolute atomic E-state index is 0.0247. The van der Waals surface area contributed by atoms with E-state index >= 15 is 0 Å². The van der Waals surface area contributed by atoms with Gasteiger partial charge in [-0.1, -0.05) is 6.42 Å². The second-order valence-corrected chi connectivity index (χ2v) is 4.41. The van der Waals surface area contributed by atoms with Gasteiger partial charge >= 0.3 is 12.0 Å². The third-order valence-corrected chi connectivity index (χ3v) is 3.02. The number of amides is 3. The molecule has 108 valence electrons. The highest BCUT2D eigenvalue weighted by Gasteiger charge is 2.30. The number of likely N-dealkylation sites (tertiary alicyclic amines) is 1. The number of methoxy groups -OCH3 is 1. The Bertz CT molecular complexity index is 346. The SMILES string of the molecule is CCNC(=O)NC(=O)CN1CCCCC1C(=O)OC. The van der Waals surface area contributed by atoms with Crippen molar-refractivity contribution in [2.45, 2.75) is 32.2 Å². The van der Waals surface area contributed by atoms with Gasteiger partial charge in [0.15, 0.2) is 0 Å². The number of nitrogens with zero attached hydrogens (tertiary/aromatic N) is 1. The molecule has 3 amide bonds. The van der Waals surface area contributed by atoms with Crippen molar-refractivity contribution in [2.75, 3.05) is 26.7 Å². The van der Waals surface area contributed by atoms with E-state index in [1.807, 2.05) is 0 Å². The molecule has 1 aliphatic rings. The Morgan fingerprint density at radius 2 is 2.05 bits per heavy atom. The fourth-order valence-electron chi connectivity index (χ4n) is 2.14. The number of hydrogen-bond donors (Lipinski definition) is 2. The molecule has 1 fully saturated rings. The van der Waals surface area contributed by atoms with Crippen molar-refractivity contribution in [3.05, 3.63) is 0 Å². The van der Waals surface area contributed by atoms with Gasteiger partial charge in [0.1, 0.15) is 6.04 Å². The lowest BCUT2D eigenvalue weighted by atomic mass is 10.0. The van der Waals surface area contributed by atoms with E-state index < -0.39 is 18.0 Å². The Labute approximate surface area is 112 Å². The van der Waals surface area contributed by atoms with Crippen molar-refractivity contribution in [2.24, 2.45) is 0 Å². The smallest absolute Gasteiger partial charge is 0.323 e. The van der Waals surface area contributed by atoms with Crippen molar-refractivity contribution in [3.63, 3.8) is 0 Å². The van der Waals surface area contributed by atoms with E-state index in [1.165, 1.54) is 7.11 Å². The van der Waals surface area contributed by atoms with Crippen LogP contribution in [0.5, 0.6) is 0 Å². The van der Waals surface area contributed by atoms with Gasteiger partial charge in [-0.3, -0.25) is 19.8 Å². The molecular weight excluding hydrogens is 250 g/mol. The lowest BCUT2D eigenvalue weighted by Crippen LogP contribution is -2.51. The number of carbonyl (C=O) groups excluding carboxylic acids is 3. The summed E-state index contributed by atoms with van der Waals surface area (Å²) in [7, 11) is 1.34. The van der Waals surface area contributed by atoms with Gasteiger partial charge in [-0.25, -0.2) is 4.79 Å². The van der Waals surface area contributed by atoms with Crippen LogP contribution in [0.2, 0.25) is 0 Å². The van der Waals surface area contributed by atoms with Crippen LogP contribution in [0.15, 0.2) is 0 Å². The first-order valence-corrected chi connectivity index (χ1v) is 6.48. The van der Waals surface area contributed by atoms with Crippen LogP contribution in [-0.4, -0.2) is 55.6 Å². The molecule has 2 N–H and O–H groups in total. The van der Waals surface area contributed by atoms with E-state index in [9.17, 15) is 14.4 Å². The molecule has 0 bridgehead atoms. The van der Waals surface area contributed by atoms with Crippen molar-refractivity contribution in [1.82, 2.24) is 15.5 Å². The van der Waals surface area contributed by atoms with Crippen LogP contribution in [0.25, 0.3) is 0 Å². The normalized spacial score (nSPS) is 19.6. The summed E-state index contributed by atoms with van der Waals surface area (Å²) in [5, 5.41) is 4.70. The van der Waals surface area contributed by atoms with E-state index in [-0.39, 0.29) is 12.5 Å². The van der Waals surface area contributed by atoms with Crippen LogP contribution < -0.4 is 10.6 Å². The fraction of sp³-hybridized carbons (Fsp3) is 0.750. The van der Waals surface area contributed by atoms with Crippen LogP contribution in [-0.2, 0) is 14.3 Å². The Morgan fingerprint density at radius 3 is 2.68 bits per heavy atom. The first-order chi connectivity index (χ1) is 9.08. The number of imide groups is 1. The molecule has 0 aromatic carbocycles. The van der Waals surface area contributed by atoms with Crippen LogP contribution in [0.3, 0.4) is 0 Å². The molecule has 0 aromatic heterocycles. The van der Waals surface area contributed by atoms with Gasteiger partial charge < -0.3 is 10.1 Å². The molecule has 19 heavy (non-hydrogen) atoms. The van der Waals surface area contributed by atoms with Crippen LogP contribution in [0.1, 0.15) is 26.2 Å². The molecule has 0 spiro atoms. The molecule has 0 aliphatic carbocycles. The number of hydrogen-bond acceptors (Lipinski definition) is 5. The van der Waals surface area contributed by atoms with E-state index in [4.69, 9.17) is 4.74 Å². The zero-order chi connectivity index (χ0) is 14.3. The van der Waals surface area contributed by atoms with Crippen molar-refractivity contribution in [1.29, 1.82) is 0 Å². The summed E-state index contributed by atoms with van der Waals surface area (Å²) in [6.07, 6.45) is 2.55. The molecule has 1 saturated heterocycles. The number of rotatable bonds is 4. The quantitative estimate of drug-likeness (QED) is 0.695. The largest absolute Gasteiger partial charge is 0.468 e. The van der Waals surface area contributed by atoms with Crippen LogP contribution in [0, 0.1) is 0 Å². The molecule has 0 radical (unpaired) electrons. The molecule has 1 heterocycles. The average molecular weight is 271 g/mol. The first kappa shape index (κ1) is 15.4. The summed E-state index contributed by atoms with van der Waals surface area (Å²) in [4.78, 5) is 36.3. The third kappa shape index (κ3) is 4.86. The Balaban J connectivity index is 2.50. The van der Waals surface area contributed by atoms with Crippen LogP contribution in [0.4, 0.5) is 4.79 Å². The summed E-state index contributed by atoms with van der Waals surface area (Å²) >= 11 is 0. The van der Waals surface area contributed by atoms with Gasteiger partial charge in [-0.2, -0.15) is 0 Å². The highest BCUT2D eigenvalue weighted by Crippen LogP contribution is 2.17. The van der Waals surface area contributed by atoms with Gasteiger partial charge in [0.25, 0.3) is 0 Å². The third-order valence-electron chi connectivity index (χ3n) is 3.02. The maximum absolute atomic E-state index is 11.7. The fourth-order valence-corrected chi connectivity index (χ4v) is 2.14. The number of esters is 1. The average Bonchev–Trinajstić information content (AvgIpc) is 2.38. The lowest BCUT2D eigenvalue weighted by molar-refractivity contribution is -0.148. The summed E-state index contributed by atoms with van der Waals surface area (Å²) in [5.41, 5.74) is 0. The van der Waals surface area contributed by atoms with Crippen molar-refractivity contribution in [3.8, 4) is 0 Å². The second-order valence-electron chi connectivity index (χ2n) is 4.41. The Kier molecular flexibility index (Phi) is 6.27. The zero-order valence-electron chi connectivity index (χ0n) is 11.4.